The molecule has 2 unspecified atom stereocenters. The van der Waals surface area contributed by atoms with Crippen LogP contribution in [0.15, 0.2) is 0 Å². The predicted molar refractivity (Wildman–Crippen MR) is 66.7 cm³/mol. The van der Waals surface area contributed by atoms with Crippen LogP contribution < -0.4 is 10.6 Å². The van der Waals surface area contributed by atoms with Gasteiger partial charge in [0, 0.05) is 0 Å². The van der Waals surface area contributed by atoms with Crippen molar-refractivity contribution in [1.82, 2.24) is 0 Å². The molecule has 0 aromatic heterocycles. The first-order chi connectivity index (χ1) is 8.03. The van der Waals surface area contributed by atoms with Gasteiger partial charge in [-0.1, -0.05) is 0 Å². The molecule has 5 nitrogen and oxygen atoms in total. The Labute approximate surface area is 103 Å². The molecule has 0 spiro atoms. The van der Waals surface area contributed by atoms with Gasteiger partial charge in [0.05, 0.1) is 20.0 Å². The van der Waals surface area contributed by atoms with E-state index in [2.05, 4.69) is 7.05 Å². The molecule has 4 heterocycles. The molecule has 4 aliphatic heterocycles. The highest BCUT2D eigenvalue weighted by Gasteiger charge is 2.53. The average Bonchev–Trinajstić information content (AvgIpc) is 2.80. The van der Waals surface area contributed by atoms with Crippen LogP contribution >= 0.6 is 0 Å². The average molecular weight is 240 g/mol. The molecular formula is C12H26N5+3. The molecule has 0 aliphatic carbocycles. The van der Waals surface area contributed by atoms with Crippen molar-refractivity contribution < 1.29 is 13.9 Å². The summed E-state index contributed by atoms with van der Waals surface area (Å²) in [5, 5.41) is 7.59. The summed E-state index contributed by atoms with van der Waals surface area (Å²) in [6.07, 6.45) is 1.26. The number of piperazine rings is 3. The standard InChI is InChI=1S/C12H25N5/c1-16-4-7-17(8-5-16,9-6-16)11-2-3-15(10-11)12(13)14/h11H,2-10H2,1H3,(H3,13,14)/q+2/p+1. The molecule has 2 atom stereocenters. The van der Waals surface area contributed by atoms with Gasteiger partial charge < -0.3 is 14.7 Å². The maximum atomic E-state index is 7.59. The van der Waals surface area contributed by atoms with Gasteiger partial charge in [-0.2, -0.15) is 0 Å². The first-order valence-electron chi connectivity index (χ1n) is 6.92. The van der Waals surface area contributed by atoms with E-state index in [-0.39, 0.29) is 0 Å². The molecule has 4 aliphatic rings. The van der Waals surface area contributed by atoms with Crippen molar-refractivity contribution in [3.8, 4) is 0 Å². The van der Waals surface area contributed by atoms with E-state index >= 15 is 0 Å². The summed E-state index contributed by atoms with van der Waals surface area (Å²) in [6.45, 7) is 10.3. The van der Waals surface area contributed by atoms with E-state index in [1.54, 1.807) is 0 Å². The minimum Gasteiger partial charge on any atom is -0.338 e. The van der Waals surface area contributed by atoms with E-state index < -0.39 is 0 Å². The van der Waals surface area contributed by atoms with Gasteiger partial charge in [0.15, 0.2) is 0 Å². The van der Waals surface area contributed by atoms with Crippen LogP contribution in [0.2, 0.25) is 0 Å². The molecule has 0 saturated carbocycles. The van der Waals surface area contributed by atoms with Crippen LogP contribution in [-0.4, -0.2) is 80.4 Å². The highest BCUT2D eigenvalue weighted by Crippen LogP contribution is 2.29. The molecule has 0 aromatic rings. The Bertz CT molecular complexity index is 315. The highest BCUT2D eigenvalue weighted by molar-refractivity contribution is 5.64. The fraction of sp³-hybridized carbons (Fsp3) is 0.917. The van der Waals surface area contributed by atoms with E-state index in [0.717, 1.165) is 19.1 Å². The van der Waals surface area contributed by atoms with E-state index in [0.29, 0.717) is 5.96 Å². The quantitative estimate of drug-likeness (QED) is 0.273. The molecule has 96 valence electrons. The van der Waals surface area contributed by atoms with Gasteiger partial charge in [-0.05, 0) is 0 Å². The SMILES string of the molecule is C[N+]12CC[N+](C3CC[NH+](C(=N)N)C3)(CC1)CC2. The van der Waals surface area contributed by atoms with E-state index in [9.17, 15) is 0 Å². The molecule has 4 saturated heterocycles. The number of nitrogens with one attached hydrogen (secondary N) is 2. The number of rotatable bonds is 1. The van der Waals surface area contributed by atoms with Crippen LogP contribution in [0.3, 0.4) is 0 Å². The second-order valence-corrected chi connectivity index (χ2v) is 6.59. The first kappa shape index (κ1) is 11.4. The molecule has 0 radical (unpaired) electrons. The van der Waals surface area contributed by atoms with Gasteiger partial charge in [-0.3, -0.25) is 4.90 Å². The van der Waals surface area contributed by atoms with Gasteiger partial charge in [0.2, 0.25) is 0 Å². The van der Waals surface area contributed by atoms with E-state index in [1.807, 2.05) is 0 Å². The van der Waals surface area contributed by atoms with Crippen molar-refractivity contribution in [2.75, 3.05) is 59.4 Å². The summed E-state index contributed by atoms with van der Waals surface area (Å²) in [4.78, 5) is 1.22. The zero-order valence-corrected chi connectivity index (χ0v) is 10.9. The lowest BCUT2D eigenvalue weighted by Gasteiger charge is -2.55. The molecule has 5 heteroatoms. The highest BCUT2D eigenvalue weighted by atomic mass is 15.5. The lowest BCUT2D eigenvalue weighted by atomic mass is 10.0. The Kier molecular flexibility index (Phi) is 2.47. The number of fused-ring (bicyclic) bond motifs is 3. The molecule has 2 bridgehead atoms. The van der Waals surface area contributed by atoms with Crippen molar-refractivity contribution in [2.45, 2.75) is 12.5 Å². The van der Waals surface area contributed by atoms with Gasteiger partial charge >= 0.3 is 0 Å². The summed E-state index contributed by atoms with van der Waals surface area (Å²) in [5.74, 6) is 0.348. The van der Waals surface area contributed by atoms with Crippen LogP contribution in [0.25, 0.3) is 0 Å². The second-order valence-electron chi connectivity index (χ2n) is 6.59. The van der Waals surface area contributed by atoms with Crippen molar-refractivity contribution in [3.05, 3.63) is 0 Å². The number of nitrogens with two attached hydrogens (primary N) is 1. The number of nitrogens with zero attached hydrogens (tertiary/aromatic N) is 2. The van der Waals surface area contributed by atoms with Gasteiger partial charge in [-0.25, -0.2) is 5.41 Å². The minimum atomic E-state index is 0.348. The summed E-state index contributed by atoms with van der Waals surface area (Å²) in [6, 6.07) is 0.767. The molecule has 4 fully saturated rings. The van der Waals surface area contributed by atoms with Crippen molar-refractivity contribution in [1.29, 1.82) is 5.41 Å². The normalized spacial score (nSPS) is 49.5. The largest absolute Gasteiger partial charge is 0.338 e. The number of guanidine groups is 1. The topological polar surface area (TPSA) is 54.3 Å². The predicted octanol–water partition coefficient (Wildman–Crippen LogP) is -2.17. The van der Waals surface area contributed by atoms with E-state index in [4.69, 9.17) is 11.1 Å². The first-order valence-corrected chi connectivity index (χ1v) is 6.92. The van der Waals surface area contributed by atoms with Gasteiger partial charge in [0.25, 0.3) is 5.96 Å². The Balaban J connectivity index is 1.71. The summed E-state index contributed by atoms with van der Waals surface area (Å²) in [7, 11) is 2.41. The Morgan fingerprint density at radius 2 is 1.76 bits per heavy atom. The Morgan fingerprint density at radius 3 is 2.24 bits per heavy atom. The number of hydrogen-bond donors (Lipinski definition) is 3. The molecule has 17 heavy (non-hydrogen) atoms. The van der Waals surface area contributed by atoms with Crippen LogP contribution in [0.5, 0.6) is 0 Å². The number of likely N-dealkylation sites (N-methyl/N-ethyl adjacent to an activating group) is 1. The van der Waals surface area contributed by atoms with Crippen LogP contribution in [0.4, 0.5) is 0 Å². The van der Waals surface area contributed by atoms with Gasteiger partial charge in [0.1, 0.15) is 51.9 Å². The smallest absolute Gasteiger partial charge is 0.290 e. The molecular weight excluding hydrogens is 214 g/mol. The van der Waals surface area contributed by atoms with Crippen molar-refractivity contribution in [3.63, 3.8) is 0 Å². The zero-order chi connectivity index (χ0) is 12.1. The summed E-state index contributed by atoms with van der Waals surface area (Å²) < 4.78 is 2.64. The number of likely N-dealkylation sites (tertiary alicyclic amines) is 1. The summed E-state index contributed by atoms with van der Waals surface area (Å²) in [5.41, 5.74) is 5.64. The molecule has 0 aromatic carbocycles. The third kappa shape index (κ3) is 1.77. The number of quaternary nitrogens is 3. The minimum absolute atomic E-state index is 0.348. The maximum absolute atomic E-state index is 7.59. The Hall–Kier alpha value is -0.650. The molecule has 0 amide bonds. The maximum Gasteiger partial charge on any atom is 0.290 e. The monoisotopic (exact) mass is 240 g/mol. The molecule has 4 rings (SSSR count). The fourth-order valence-corrected chi connectivity index (χ4v) is 4.08. The van der Waals surface area contributed by atoms with Gasteiger partial charge in [-0.15, -0.1) is 0 Å². The van der Waals surface area contributed by atoms with Crippen LogP contribution in [0.1, 0.15) is 6.42 Å². The summed E-state index contributed by atoms with van der Waals surface area (Å²) >= 11 is 0. The molecule has 4 N–H and O–H groups in total. The third-order valence-electron chi connectivity index (χ3n) is 5.67. The van der Waals surface area contributed by atoms with E-state index in [1.165, 1.54) is 59.6 Å². The Morgan fingerprint density at radius 1 is 1.18 bits per heavy atom. The lowest BCUT2D eigenvalue weighted by molar-refractivity contribution is -1.09. The van der Waals surface area contributed by atoms with Crippen LogP contribution in [0, 0.1) is 5.41 Å². The van der Waals surface area contributed by atoms with Crippen molar-refractivity contribution >= 4 is 5.96 Å². The third-order valence-corrected chi connectivity index (χ3v) is 5.67. The van der Waals surface area contributed by atoms with Crippen LogP contribution in [-0.2, 0) is 0 Å². The number of hydrogen-bond acceptors (Lipinski definition) is 1. The van der Waals surface area contributed by atoms with Crippen molar-refractivity contribution in [2.24, 2.45) is 5.73 Å². The second kappa shape index (κ2) is 3.67. The zero-order valence-electron chi connectivity index (χ0n) is 10.9. The fourth-order valence-electron chi connectivity index (χ4n) is 4.08. The lowest BCUT2D eigenvalue weighted by Crippen LogP contribution is -3.15.